The fourth-order valence-electron chi connectivity index (χ4n) is 1.05. The average molecular weight is 181 g/mol. The SMILES string of the molecule is N#CC(Cc1ccccc1)=[C](O)[Na]. The standard InChI is InChI=1S/C10H8NO.Na/c11-7-10(8-12)6-9-4-2-1-3-5-9;/h1-5,12H,6H2;. The van der Waals surface area contributed by atoms with E-state index in [-0.39, 0.29) is 3.01 Å². The summed E-state index contributed by atoms with van der Waals surface area (Å²) >= 11 is 0.535. The molecular weight excluding hydrogens is 173 g/mol. The van der Waals surface area contributed by atoms with Gasteiger partial charge >= 0.3 is 95.3 Å². The van der Waals surface area contributed by atoms with E-state index in [4.69, 9.17) is 5.26 Å². The van der Waals surface area contributed by atoms with Crippen molar-refractivity contribution in [3.05, 3.63) is 44.5 Å². The third-order valence-corrected chi connectivity index (χ3v) is 2.40. The number of hydrogen-bond acceptors (Lipinski definition) is 2. The molecule has 0 aliphatic heterocycles. The van der Waals surface area contributed by atoms with E-state index in [1.54, 1.807) is 0 Å². The molecule has 0 spiro atoms. The zero-order valence-electron chi connectivity index (χ0n) is 7.49. The Kier molecular flexibility index (Phi) is 4.04. The molecule has 0 aliphatic rings. The monoisotopic (exact) mass is 181 g/mol. The van der Waals surface area contributed by atoms with Gasteiger partial charge in [-0.2, -0.15) is 0 Å². The van der Waals surface area contributed by atoms with Gasteiger partial charge in [-0.15, -0.1) is 0 Å². The summed E-state index contributed by atoms with van der Waals surface area (Å²) in [6, 6.07) is 11.7. The van der Waals surface area contributed by atoms with E-state index in [2.05, 4.69) is 0 Å². The van der Waals surface area contributed by atoms with Gasteiger partial charge in [-0.3, -0.25) is 0 Å². The number of aliphatic hydroxyl groups excluding tert-OH is 1. The molecule has 0 aromatic heterocycles. The van der Waals surface area contributed by atoms with E-state index in [1.807, 2.05) is 36.4 Å². The molecule has 1 N–H and O–H groups in total. The summed E-state index contributed by atoms with van der Waals surface area (Å²) in [6.45, 7) is 0. The van der Waals surface area contributed by atoms with Gasteiger partial charge in [0.15, 0.2) is 0 Å². The van der Waals surface area contributed by atoms with Crippen LogP contribution in [0.25, 0.3) is 0 Å². The summed E-state index contributed by atoms with van der Waals surface area (Å²) in [5.41, 5.74) is 1.54. The van der Waals surface area contributed by atoms with Crippen LogP contribution in [0.1, 0.15) is 5.56 Å². The molecule has 0 radical (unpaired) electrons. The van der Waals surface area contributed by atoms with Gasteiger partial charge in [-0.05, 0) is 0 Å². The Morgan fingerprint density at radius 3 is 2.46 bits per heavy atom. The minimum atomic E-state index is 0.242. The van der Waals surface area contributed by atoms with E-state index in [1.165, 1.54) is 0 Å². The number of rotatable bonds is 2. The van der Waals surface area contributed by atoms with E-state index in [9.17, 15) is 5.11 Å². The minimum absolute atomic E-state index is 0.242. The summed E-state index contributed by atoms with van der Waals surface area (Å²) in [6.07, 6.45) is 0.534. The van der Waals surface area contributed by atoms with Crippen LogP contribution >= 0.6 is 0 Å². The number of benzene rings is 1. The molecule has 13 heavy (non-hydrogen) atoms. The van der Waals surface area contributed by atoms with Crippen molar-refractivity contribution in [2.75, 3.05) is 0 Å². The van der Waals surface area contributed by atoms with Crippen LogP contribution in [0.3, 0.4) is 0 Å². The second-order valence-electron chi connectivity index (χ2n) is 2.84. The molecule has 0 amide bonds. The van der Waals surface area contributed by atoms with Crippen LogP contribution in [-0.4, -0.2) is 33.0 Å². The third-order valence-electron chi connectivity index (χ3n) is 1.80. The fraction of sp³-hybridized carbons (Fsp3) is 0.100. The molecule has 3 heteroatoms. The van der Waals surface area contributed by atoms with Crippen molar-refractivity contribution in [3.8, 4) is 6.07 Å². The molecule has 0 saturated carbocycles. The topological polar surface area (TPSA) is 44.0 Å². The molecule has 1 rings (SSSR count). The molecule has 0 fully saturated rings. The van der Waals surface area contributed by atoms with Crippen LogP contribution in [0.4, 0.5) is 0 Å². The molecule has 1 aromatic rings. The molecule has 1 aromatic carbocycles. The quantitative estimate of drug-likeness (QED) is 0.428. The number of aliphatic hydroxyl groups is 1. The van der Waals surface area contributed by atoms with Crippen LogP contribution in [0.5, 0.6) is 0 Å². The van der Waals surface area contributed by atoms with Crippen LogP contribution in [0.2, 0.25) is 0 Å². The molecule has 0 saturated heterocycles. The van der Waals surface area contributed by atoms with Gasteiger partial charge in [-0.1, -0.05) is 0 Å². The van der Waals surface area contributed by atoms with Crippen LogP contribution < -0.4 is 0 Å². The zero-order chi connectivity index (χ0) is 9.68. The van der Waals surface area contributed by atoms with Crippen LogP contribution in [-0.2, 0) is 6.42 Å². The Morgan fingerprint density at radius 2 is 2.00 bits per heavy atom. The second kappa shape index (κ2) is 5.08. The molecule has 0 atom stereocenters. The fourth-order valence-corrected chi connectivity index (χ4v) is 1.34. The van der Waals surface area contributed by atoms with Crippen LogP contribution in [0, 0.1) is 11.3 Å². The van der Waals surface area contributed by atoms with Gasteiger partial charge in [0, 0.05) is 0 Å². The number of nitrogens with zero attached hydrogens (tertiary/aromatic N) is 1. The Bertz CT molecular complexity index is 347. The summed E-state index contributed by atoms with van der Waals surface area (Å²) in [5.74, 6) is 0. The molecule has 0 unspecified atom stereocenters. The zero-order valence-corrected chi connectivity index (χ0v) is 9.49. The molecule has 2 nitrogen and oxygen atoms in total. The van der Waals surface area contributed by atoms with Crippen molar-refractivity contribution in [1.82, 2.24) is 0 Å². The van der Waals surface area contributed by atoms with Gasteiger partial charge in [0.25, 0.3) is 0 Å². The average Bonchev–Trinajstić information content (AvgIpc) is 2.15. The van der Waals surface area contributed by atoms with E-state index in [0.29, 0.717) is 39.9 Å². The number of nitriles is 1. The maximum absolute atomic E-state index is 9.19. The van der Waals surface area contributed by atoms with Crippen molar-refractivity contribution in [2.24, 2.45) is 0 Å². The van der Waals surface area contributed by atoms with Gasteiger partial charge in [0.1, 0.15) is 0 Å². The first-order valence-electron chi connectivity index (χ1n) is 4.07. The summed E-state index contributed by atoms with van der Waals surface area (Å²) < 4.78 is 0.242. The Morgan fingerprint density at radius 1 is 1.38 bits per heavy atom. The van der Waals surface area contributed by atoms with Gasteiger partial charge < -0.3 is 0 Å². The van der Waals surface area contributed by atoms with Gasteiger partial charge in [0.05, 0.1) is 0 Å². The summed E-state index contributed by atoms with van der Waals surface area (Å²) in [7, 11) is 0. The summed E-state index contributed by atoms with van der Waals surface area (Å²) in [4.78, 5) is 0. The molecule has 0 bridgehead atoms. The Hall–Kier alpha value is -0.750. The number of allylic oxidation sites excluding steroid dienone is 1. The van der Waals surface area contributed by atoms with Crippen molar-refractivity contribution in [2.45, 2.75) is 6.42 Å². The van der Waals surface area contributed by atoms with Gasteiger partial charge in [-0.25, -0.2) is 0 Å². The molecule has 60 valence electrons. The van der Waals surface area contributed by atoms with Crippen LogP contribution in [0.15, 0.2) is 38.9 Å². The normalized spacial score (nSPS) is 11.8. The third kappa shape index (κ3) is 3.23. The first kappa shape index (κ1) is 10.3. The van der Waals surface area contributed by atoms with Crippen molar-refractivity contribution in [1.29, 1.82) is 5.26 Å². The van der Waals surface area contributed by atoms with Crippen molar-refractivity contribution in [3.63, 3.8) is 0 Å². The molecular formula is C10H8NNaO. The Labute approximate surface area is 94.9 Å². The van der Waals surface area contributed by atoms with Crippen molar-refractivity contribution < 1.29 is 5.11 Å². The number of hydrogen-bond donors (Lipinski definition) is 1. The van der Waals surface area contributed by atoms with E-state index in [0.717, 1.165) is 5.56 Å². The van der Waals surface area contributed by atoms with Gasteiger partial charge in [0.2, 0.25) is 0 Å². The first-order chi connectivity index (χ1) is 6.24. The van der Waals surface area contributed by atoms with E-state index >= 15 is 0 Å². The van der Waals surface area contributed by atoms with E-state index < -0.39 is 0 Å². The summed E-state index contributed by atoms with van der Waals surface area (Å²) in [5, 5.41) is 17.9. The second-order valence-corrected chi connectivity index (χ2v) is 3.79. The predicted molar refractivity (Wildman–Crippen MR) is 51.2 cm³/mol. The first-order valence-corrected chi connectivity index (χ1v) is 5.07. The molecule has 0 heterocycles. The predicted octanol–water partition coefficient (Wildman–Crippen LogP) is 1.69. The van der Waals surface area contributed by atoms with Crippen molar-refractivity contribution >= 4 is 27.9 Å². The Balaban J connectivity index is 2.82. The molecule has 0 aliphatic carbocycles. The maximum atomic E-state index is 9.19.